The van der Waals surface area contributed by atoms with Crippen LogP contribution in [-0.2, 0) is 4.79 Å². The number of benzene rings is 1. The molecule has 0 aromatic heterocycles. The third kappa shape index (κ3) is 2.60. The molecule has 0 saturated carbocycles. The van der Waals surface area contributed by atoms with E-state index in [1.165, 1.54) is 13.2 Å². The number of carbonyl (C=O) groups is 2. The van der Waals surface area contributed by atoms with Gasteiger partial charge in [-0.15, -0.1) is 0 Å². The zero-order valence-corrected chi connectivity index (χ0v) is 8.69. The van der Waals surface area contributed by atoms with Crippen LogP contribution in [0.2, 0.25) is 0 Å². The lowest BCUT2D eigenvalue weighted by molar-refractivity contribution is -0.132. The number of carboxylic acid groups (broad SMARTS) is 1. The molecule has 0 spiro atoms. The van der Waals surface area contributed by atoms with Crippen molar-refractivity contribution in [2.24, 2.45) is 0 Å². The van der Waals surface area contributed by atoms with Crippen molar-refractivity contribution in [1.82, 2.24) is 5.32 Å². The molecule has 1 aromatic carbocycles. The minimum atomic E-state index is -1.27. The number of carbonyl (C=O) groups excluding carboxylic acids is 1. The summed E-state index contributed by atoms with van der Waals surface area (Å²) in [6.07, 6.45) is 0. The second-order valence-corrected chi connectivity index (χ2v) is 2.94. The number of hydrogen-bond acceptors (Lipinski definition) is 3. The van der Waals surface area contributed by atoms with Gasteiger partial charge >= 0.3 is 5.97 Å². The van der Waals surface area contributed by atoms with E-state index in [2.05, 4.69) is 11.9 Å². The van der Waals surface area contributed by atoms with Gasteiger partial charge in [-0.1, -0.05) is 18.7 Å². The largest absolute Gasteiger partial charge is 0.496 e. The van der Waals surface area contributed by atoms with Gasteiger partial charge in [0.2, 0.25) is 0 Å². The van der Waals surface area contributed by atoms with Gasteiger partial charge in [0.1, 0.15) is 11.4 Å². The third-order valence-corrected chi connectivity index (χ3v) is 1.87. The van der Waals surface area contributed by atoms with Gasteiger partial charge in [-0.25, -0.2) is 4.79 Å². The zero-order valence-electron chi connectivity index (χ0n) is 8.69. The number of methoxy groups -OCH3 is 1. The molecule has 5 nitrogen and oxygen atoms in total. The first-order valence-electron chi connectivity index (χ1n) is 4.43. The predicted octanol–water partition coefficient (Wildman–Crippen LogP) is 1.02. The lowest BCUT2D eigenvalue weighted by atomic mass is 10.2. The summed E-state index contributed by atoms with van der Waals surface area (Å²) < 4.78 is 4.97. The average Bonchev–Trinajstić information content (AvgIpc) is 2.28. The molecule has 0 aliphatic carbocycles. The van der Waals surface area contributed by atoms with Gasteiger partial charge < -0.3 is 15.2 Å². The van der Waals surface area contributed by atoms with Gasteiger partial charge in [0.05, 0.1) is 12.7 Å². The topological polar surface area (TPSA) is 75.6 Å². The molecule has 0 saturated heterocycles. The van der Waals surface area contributed by atoms with Crippen molar-refractivity contribution < 1.29 is 19.4 Å². The van der Waals surface area contributed by atoms with E-state index in [0.29, 0.717) is 5.75 Å². The number of carboxylic acids is 1. The maximum Gasteiger partial charge on any atom is 0.351 e. The smallest absolute Gasteiger partial charge is 0.351 e. The van der Waals surface area contributed by atoms with Crippen molar-refractivity contribution >= 4 is 11.9 Å². The second kappa shape index (κ2) is 4.97. The number of nitrogens with one attached hydrogen (secondary N) is 1. The Kier molecular flexibility index (Phi) is 3.66. The van der Waals surface area contributed by atoms with Crippen LogP contribution in [-0.4, -0.2) is 24.1 Å². The van der Waals surface area contributed by atoms with Gasteiger partial charge in [0.15, 0.2) is 0 Å². The Balaban J connectivity index is 2.88. The highest BCUT2D eigenvalue weighted by atomic mass is 16.5. The summed E-state index contributed by atoms with van der Waals surface area (Å²) in [6.45, 7) is 3.20. The Labute approximate surface area is 92.3 Å². The summed E-state index contributed by atoms with van der Waals surface area (Å²) in [5, 5.41) is 10.7. The summed E-state index contributed by atoms with van der Waals surface area (Å²) >= 11 is 0. The first-order chi connectivity index (χ1) is 7.56. The number of para-hydroxylation sites is 1. The monoisotopic (exact) mass is 221 g/mol. The van der Waals surface area contributed by atoms with Crippen molar-refractivity contribution in [3.63, 3.8) is 0 Å². The van der Waals surface area contributed by atoms with Crippen molar-refractivity contribution in [2.45, 2.75) is 0 Å². The molecule has 0 heterocycles. The highest BCUT2D eigenvalue weighted by Gasteiger charge is 2.14. The molecule has 1 rings (SSSR count). The standard InChI is InChI=1S/C11H11NO4/c1-7(11(14)15)12-10(13)8-5-3-4-6-9(8)16-2/h3-6H,1H2,2H3,(H,12,13)(H,14,15). The van der Waals surface area contributed by atoms with Crippen molar-refractivity contribution in [3.05, 3.63) is 42.1 Å². The molecule has 0 bridgehead atoms. The highest BCUT2D eigenvalue weighted by molar-refractivity contribution is 6.02. The minimum absolute atomic E-state index is 0.257. The first kappa shape index (κ1) is 11.8. The van der Waals surface area contributed by atoms with Gasteiger partial charge in [0, 0.05) is 0 Å². The van der Waals surface area contributed by atoms with E-state index in [1.807, 2.05) is 0 Å². The fraction of sp³-hybridized carbons (Fsp3) is 0.0909. The Bertz CT molecular complexity index is 439. The Morgan fingerprint density at radius 2 is 2.00 bits per heavy atom. The normalized spacial score (nSPS) is 9.31. The molecule has 0 aliphatic rings. The van der Waals surface area contributed by atoms with Crippen LogP contribution in [0.15, 0.2) is 36.5 Å². The highest BCUT2D eigenvalue weighted by Crippen LogP contribution is 2.17. The van der Waals surface area contributed by atoms with Crippen LogP contribution in [0.5, 0.6) is 5.75 Å². The van der Waals surface area contributed by atoms with Crippen LogP contribution >= 0.6 is 0 Å². The Morgan fingerprint density at radius 1 is 1.38 bits per heavy atom. The number of rotatable bonds is 4. The molecule has 84 valence electrons. The van der Waals surface area contributed by atoms with E-state index >= 15 is 0 Å². The van der Waals surface area contributed by atoms with E-state index in [1.54, 1.807) is 18.2 Å². The fourth-order valence-electron chi connectivity index (χ4n) is 1.09. The molecule has 0 fully saturated rings. The van der Waals surface area contributed by atoms with Crippen molar-refractivity contribution in [3.8, 4) is 5.75 Å². The van der Waals surface area contributed by atoms with E-state index in [0.717, 1.165) is 0 Å². The van der Waals surface area contributed by atoms with E-state index in [4.69, 9.17) is 9.84 Å². The van der Waals surface area contributed by atoms with Gasteiger partial charge in [0.25, 0.3) is 5.91 Å². The Morgan fingerprint density at radius 3 is 2.56 bits per heavy atom. The molecule has 0 atom stereocenters. The van der Waals surface area contributed by atoms with Crippen LogP contribution in [0.3, 0.4) is 0 Å². The summed E-state index contributed by atoms with van der Waals surface area (Å²) in [7, 11) is 1.43. The number of amides is 1. The van der Waals surface area contributed by atoms with Crippen LogP contribution < -0.4 is 10.1 Å². The lowest BCUT2D eigenvalue weighted by Gasteiger charge is -2.08. The van der Waals surface area contributed by atoms with Crippen molar-refractivity contribution in [1.29, 1.82) is 0 Å². The SMILES string of the molecule is C=C(NC(=O)c1ccccc1OC)C(=O)O. The van der Waals surface area contributed by atoms with Crippen molar-refractivity contribution in [2.75, 3.05) is 7.11 Å². The van der Waals surface area contributed by atoms with Crippen LogP contribution in [0.25, 0.3) is 0 Å². The fourth-order valence-corrected chi connectivity index (χ4v) is 1.09. The molecule has 1 aromatic rings. The summed E-state index contributed by atoms with van der Waals surface area (Å²) in [6, 6.07) is 6.50. The zero-order chi connectivity index (χ0) is 12.1. The van der Waals surface area contributed by atoms with E-state index in [-0.39, 0.29) is 11.3 Å². The number of hydrogen-bond donors (Lipinski definition) is 2. The summed E-state index contributed by atoms with van der Waals surface area (Å²) in [5.74, 6) is -1.47. The second-order valence-electron chi connectivity index (χ2n) is 2.94. The molecule has 0 aliphatic heterocycles. The molecule has 0 radical (unpaired) electrons. The summed E-state index contributed by atoms with van der Waals surface area (Å²) in [5.41, 5.74) is -0.122. The quantitative estimate of drug-likeness (QED) is 0.744. The van der Waals surface area contributed by atoms with Crippen LogP contribution in [0.4, 0.5) is 0 Å². The molecular formula is C11H11NO4. The predicted molar refractivity (Wildman–Crippen MR) is 57.2 cm³/mol. The molecule has 0 unspecified atom stereocenters. The number of aliphatic carboxylic acids is 1. The number of ether oxygens (including phenoxy) is 1. The molecule has 2 N–H and O–H groups in total. The van der Waals surface area contributed by atoms with E-state index < -0.39 is 11.9 Å². The van der Waals surface area contributed by atoms with Gasteiger partial charge in [-0.2, -0.15) is 0 Å². The van der Waals surface area contributed by atoms with Gasteiger partial charge in [-0.3, -0.25) is 4.79 Å². The van der Waals surface area contributed by atoms with Gasteiger partial charge in [-0.05, 0) is 12.1 Å². The maximum atomic E-state index is 11.6. The maximum absolute atomic E-state index is 11.6. The molecular weight excluding hydrogens is 210 g/mol. The third-order valence-electron chi connectivity index (χ3n) is 1.87. The molecule has 1 amide bonds. The van der Waals surface area contributed by atoms with Crippen LogP contribution in [0, 0.1) is 0 Å². The molecule has 5 heteroatoms. The first-order valence-corrected chi connectivity index (χ1v) is 4.43. The molecule has 16 heavy (non-hydrogen) atoms. The average molecular weight is 221 g/mol. The Hall–Kier alpha value is -2.30. The minimum Gasteiger partial charge on any atom is -0.496 e. The summed E-state index contributed by atoms with van der Waals surface area (Å²) in [4.78, 5) is 22.1. The lowest BCUT2D eigenvalue weighted by Crippen LogP contribution is -2.26. The van der Waals surface area contributed by atoms with Crippen LogP contribution in [0.1, 0.15) is 10.4 Å². The van der Waals surface area contributed by atoms with E-state index in [9.17, 15) is 9.59 Å².